The van der Waals surface area contributed by atoms with E-state index in [0.29, 0.717) is 29.2 Å². The zero-order valence-corrected chi connectivity index (χ0v) is 14.7. The van der Waals surface area contributed by atoms with Gasteiger partial charge in [-0.15, -0.1) is 6.58 Å². The molecule has 3 aromatic rings. The molecule has 0 aliphatic carbocycles. The van der Waals surface area contributed by atoms with Gasteiger partial charge in [0.1, 0.15) is 0 Å². The molecule has 0 aliphatic heterocycles. The first-order chi connectivity index (χ1) is 11.7. The molecule has 122 valence electrons. The van der Waals surface area contributed by atoms with E-state index in [2.05, 4.69) is 11.6 Å². The summed E-state index contributed by atoms with van der Waals surface area (Å²) in [6.45, 7) is 4.39. The van der Waals surface area contributed by atoms with E-state index < -0.39 is 0 Å². The summed E-state index contributed by atoms with van der Waals surface area (Å²) in [4.78, 5) is 17.3. The normalized spacial score (nSPS) is 11.8. The van der Waals surface area contributed by atoms with Crippen LogP contribution in [0.1, 0.15) is 12.0 Å². The van der Waals surface area contributed by atoms with Gasteiger partial charge >= 0.3 is 0 Å². The summed E-state index contributed by atoms with van der Waals surface area (Å²) < 4.78 is 3.00. The Balaban J connectivity index is 1.89. The van der Waals surface area contributed by atoms with Crippen LogP contribution in [0.15, 0.2) is 66.2 Å². The van der Waals surface area contributed by atoms with E-state index in [1.807, 2.05) is 53.1 Å². The van der Waals surface area contributed by atoms with Crippen LogP contribution < -0.4 is 4.80 Å². The zero-order valence-electron chi connectivity index (χ0n) is 13.1. The highest BCUT2D eigenvalue weighted by Crippen LogP contribution is 2.22. The number of aromatic nitrogens is 1. The van der Waals surface area contributed by atoms with Gasteiger partial charge in [-0.2, -0.15) is 4.99 Å². The lowest BCUT2D eigenvalue weighted by molar-refractivity contribution is -0.118. The van der Waals surface area contributed by atoms with Crippen molar-refractivity contribution < 1.29 is 4.79 Å². The summed E-state index contributed by atoms with van der Waals surface area (Å²) >= 11 is 7.53. The minimum Gasteiger partial charge on any atom is -0.313 e. The molecule has 0 atom stereocenters. The van der Waals surface area contributed by atoms with Crippen molar-refractivity contribution in [1.82, 2.24) is 4.57 Å². The van der Waals surface area contributed by atoms with Crippen LogP contribution in [0.3, 0.4) is 0 Å². The molecule has 0 saturated heterocycles. The fourth-order valence-corrected chi connectivity index (χ4v) is 3.83. The highest BCUT2D eigenvalue weighted by Gasteiger charge is 2.08. The van der Waals surface area contributed by atoms with Crippen LogP contribution in [0, 0.1) is 0 Å². The molecule has 0 unspecified atom stereocenters. The summed E-state index contributed by atoms with van der Waals surface area (Å²) in [5, 5.41) is 0.677. The number of carbonyl (C=O) groups is 1. The van der Waals surface area contributed by atoms with Crippen molar-refractivity contribution in [2.75, 3.05) is 0 Å². The number of allylic oxidation sites excluding steroid dienone is 1. The SMILES string of the molecule is C=CCn1c(=NC(=O)CCc2ccccc2)sc2cc(Cl)ccc21. The standard InChI is InChI=1S/C19H17ClN2OS/c1-2-12-22-16-10-9-15(20)13-17(16)24-19(22)21-18(23)11-8-14-6-4-3-5-7-14/h2-7,9-10,13H,1,8,11-12H2. The quantitative estimate of drug-likeness (QED) is 0.615. The molecule has 0 N–H and O–H groups in total. The highest BCUT2D eigenvalue weighted by molar-refractivity contribution is 7.16. The fourth-order valence-electron chi connectivity index (χ4n) is 2.50. The van der Waals surface area contributed by atoms with Crippen LogP contribution in [-0.2, 0) is 17.8 Å². The molecular formula is C19H17ClN2OS. The number of thiazole rings is 1. The average Bonchev–Trinajstić information content (AvgIpc) is 2.91. The predicted molar refractivity (Wildman–Crippen MR) is 100 cm³/mol. The van der Waals surface area contributed by atoms with Crippen molar-refractivity contribution in [1.29, 1.82) is 0 Å². The smallest absolute Gasteiger partial charge is 0.248 e. The van der Waals surface area contributed by atoms with Gasteiger partial charge in [0.15, 0.2) is 4.80 Å². The molecular weight excluding hydrogens is 340 g/mol. The maximum absolute atomic E-state index is 12.3. The van der Waals surface area contributed by atoms with Gasteiger partial charge in [0.05, 0.1) is 10.2 Å². The van der Waals surface area contributed by atoms with Gasteiger partial charge in [-0.05, 0) is 30.2 Å². The molecule has 0 bridgehead atoms. The third-order valence-electron chi connectivity index (χ3n) is 3.65. The van der Waals surface area contributed by atoms with Crippen molar-refractivity contribution in [3.63, 3.8) is 0 Å². The number of hydrogen-bond donors (Lipinski definition) is 0. The van der Waals surface area contributed by atoms with E-state index in [-0.39, 0.29) is 5.91 Å². The molecule has 0 aliphatic rings. The Bertz CT molecular complexity index is 941. The van der Waals surface area contributed by atoms with Gasteiger partial charge in [-0.25, -0.2) is 0 Å². The summed E-state index contributed by atoms with van der Waals surface area (Å²) in [7, 11) is 0. The van der Waals surface area contributed by atoms with E-state index in [4.69, 9.17) is 11.6 Å². The second-order valence-corrected chi connectivity index (χ2v) is 6.83. The minimum absolute atomic E-state index is 0.116. The molecule has 3 rings (SSSR count). The van der Waals surface area contributed by atoms with E-state index >= 15 is 0 Å². The van der Waals surface area contributed by atoms with Crippen LogP contribution in [0.5, 0.6) is 0 Å². The average molecular weight is 357 g/mol. The third-order valence-corrected chi connectivity index (χ3v) is 4.92. The lowest BCUT2D eigenvalue weighted by atomic mass is 10.1. The molecule has 3 nitrogen and oxygen atoms in total. The molecule has 1 amide bonds. The van der Waals surface area contributed by atoms with E-state index in [0.717, 1.165) is 15.8 Å². The Morgan fingerprint density at radius 2 is 2.04 bits per heavy atom. The number of benzene rings is 2. The van der Waals surface area contributed by atoms with Crippen molar-refractivity contribution >= 4 is 39.1 Å². The molecule has 1 aromatic heterocycles. The Morgan fingerprint density at radius 3 is 2.79 bits per heavy atom. The first-order valence-electron chi connectivity index (χ1n) is 7.68. The van der Waals surface area contributed by atoms with Crippen LogP contribution in [0.2, 0.25) is 5.02 Å². The van der Waals surface area contributed by atoms with Gasteiger partial charge in [-0.1, -0.05) is 59.3 Å². The minimum atomic E-state index is -0.116. The number of halogens is 1. The van der Waals surface area contributed by atoms with Crippen LogP contribution >= 0.6 is 22.9 Å². The maximum Gasteiger partial charge on any atom is 0.248 e. The van der Waals surface area contributed by atoms with Crippen molar-refractivity contribution in [3.8, 4) is 0 Å². The number of rotatable bonds is 5. The Kier molecular flexibility index (Phi) is 5.28. The number of nitrogens with zero attached hydrogens (tertiary/aromatic N) is 2. The van der Waals surface area contributed by atoms with E-state index in [1.54, 1.807) is 6.08 Å². The van der Waals surface area contributed by atoms with Gasteiger partial charge in [-0.3, -0.25) is 4.79 Å². The van der Waals surface area contributed by atoms with Crippen molar-refractivity contribution in [2.45, 2.75) is 19.4 Å². The number of fused-ring (bicyclic) bond motifs is 1. The molecule has 24 heavy (non-hydrogen) atoms. The largest absolute Gasteiger partial charge is 0.313 e. The monoisotopic (exact) mass is 356 g/mol. The zero-order chi connectivity index (χ0) is 16.9. The molecule has 0 radical (unpaired) electrons. The van der Waals surface area contributed by atoms with Crippen molar-refractivity contribution in [3.05, 3.63) is 76.6 Å². The first kappa shape index (κ1) is 16.7. The summed E-state index contributed by atoms with van der Waals surface area (Å²) in [6.07, 6.45) is 2.89. The molecule has 5 heteroatoms. The van der Waals surface area contributed by atoms with Crippen LogP contribution in [-0.4, -0.2) is 10.5 Å². The third kappa shape index (κ3) is 3.83. The Labute approximate surface area is 149 Å². The first-order valence-corrected chi connectivity index (χ1v) is 8.88. The van der Waals surface area contributed by atoms with E-state index in [1.165, 1.54) is 11.3 Å². The molecule has 1 heterocycles. The summed E-state index contributed by atoms with van der Waals surface area (Å²) in [5.41, 5.74) is 2.15. The second kappa shape index (κ2) is 7.60. The lowest BCUT2D eigenvalue weighted by Crippen LogP contribution is -2.16. The van der Waals surface area contributed by atoms with Gasteiger partial charge in [0.2, 0.25) is 5.91 Å². The topological polar surface area (TPSA) is 34.4 Å². The van der Waals surface area contributed by atoms with Crippen molar-refractivity contribution in [2.24, 2.45) is 4.99 Å². The number of aryl methyl sites for hydroxylation is 1. The molecule has 0 spiro atoms. The number of carbonyl (C=O) groups excluding carboxylic acids is 1. The lowest BCUT2D eigenvalue weighted by Gasteiger charge is -2.01. The Morgan fingerprint density at radius 1 is 1.25 bits per heavy atom. The van der Waals surface area contributed by atoms with Gasteiger partial charge < -0.3 is 4.57 Å². The van der Waals surface area contributed by atoms with Gasteiger partial charge in [0, 0.05) is 18.0 Å². The van der Waals surface area contributed by atoms with Crippen LogP contribution in [0.25, 0.3) is 10.2 Å². The number of hydrogen-bond acceptors (Lipinski definition) is 2. The summed E-state index contributed by atoms with van der Waals surface area (Å²) in [6, 6.07) is 15.7. The fraction of sp³-hybridized carbons (Fsp3) is 0.158. The second-order valence-electron chi connectivity index (χ2n) is 5.39. The maximum atomic E-state index is 12.3. The Hall–Kier alpha value is -2.17. The van der Waals surface area contributed by atoms with Gasteiger partial charge in [0.25, 0.3) is 0 Å². The molecule has 0 fully saturated rings. The summed E-state index contributed by atoms with van der Waals surface area (Å²) in [5.74, 6) is -0.116. The molecule has 2 aromatic carbocycles. The molecule has 0 saturated carbocycles. The van der Waals surface area contributed by atoms with E-state index in [9.17, 15) is 4.79 Å². The number of amides is 1. The highest BCUT2D eigenvalue weighted by atomic mass is 35.5. The predicted octanol–water partition coefficient (Wildman–Crippen LogP) is 4.60. The van der Waals surface area contributed by atoms with Crippen LogP contribution in [0.4, 0.5) is 0 Å².